The molecule has 1 aromatic carbocycles. The molecular formula is C25H37N8O5+. The summed E-state index contributed by atoms with van der Waals surface area (Å²) in [5.74, 6) is -2.56. The molecule has 10 N–H and O–H groups in total. The lowest BCUT2D eigenvalue weighted by Gasteiger charge is -2.46. The van der Waals surface area contributed by atoms with Crippen molar-refractivity contribution in [3.63, 3.8) is 0 Å². The summed E-state index contributed by atoms with van der Waals surface area (Å²) < 4.78 is 5.89. The van der Waals surface area contributed by atoms with E-state index in [9.17, 15) is 19.8 Å². The van der Waals surface area contributed by atoms with Crippen LogP contribution in [0.3, 0.4) is 0 Å². The Bertz CT molecular complexity index is 1210. The number of nitrogens with two attached hydrogens (primary N) is 2. The molecule has 0 aliphatic carbocycles. The topological polar surface area (TPSA) is 202 Å². The van der Waals surface area contributed by atoms with Crippen LogP contribution in [0.2, 0.25) is 0 Å². The molecule has 1 fully saturated rings. The van der Waals surface area contributed by atoms with E-state index in [4.69, 9.17) is 16.2 Å². The summed E-state index contributed by atoms with van der Waals surface area (Å²) in [6.45, 7) is 6.63. The number of rotatable bonds is 6. The Morgan fingerprint density at radius 2 is 2.08 bits per heavy atom. The number of aliphatic imine (C=N–C) groups is 1. The van der Waals surface area contributed by atoms with E-state index in [1.54, 1.807) is 12.1 Å². The summed E-state index contributed by atoms with van der Waals surface area (Å²) >= 11 is 0. The third-order valence-electron chi connectivity index (χ3n) is 8.14. The minimum Gasteiger partial charge on any atom is -0.492 e. The van der Waals surface area contributed by atoms with Gasteiger partial charge in [-0.05, 0) is 24.3 Å². The smallest absolute Gasteiger partial charge is 0.343 e. The van der Waals surface area contributed by atoms with Crippen LogP contribution in [0.5, 0.6) is 5.75 Å². The van der Waals surface area contributed by atoms with Gasteiger partial charge < -0.3 is 31.3 Å². The highest BCUT2D eigenvalue weighted by Gasteiger charge is 2.76. The molecule has 1 aromatic rings. The van der Waals surface area contributed by atoms with Gasteiger partial charge >= 0.3 is 5.96 Å². The van der Waals surface area contributed by atoms with Gasteiger partial charge in [-0.15, -0.1) is 0 Å². The first-order valence-electron chi connectivity index (χ1n) is 13.0. The van der Waals surface area contributed by atoms with E-state index in [0.29, 0.717) is 30.8 Å². The van der Waals surface area contributed by atoms with Crippen molar-refractivity contribution in [2.24, 2.45) is 16.5 Å². The van der Waals surface area contributed by atoms with Crippen LogP contribution in [0.4, 0.5) is 0 Å². The molecule has 1 spiro atoms. The van der Waals surface area contributed by atoms with Gasteiger partial charge in [-0.1, -0.05) is 32.9 Å². The maximum absolute atomic E-state index is 13.5. The Labute approximate surface area is 220 Å². The van der Waals surface area contributed by atoms with Crippen LogP contribution < -0.4 is 37.1 Å². The molecule has 206 valence electrons. The SMILES string of the molecule is CCCC(=O)NC[C@@H]1N=C(N)N2CC(NC(=O)c3cccc4c3OCCC4(C)C)C(O)(O)[C@@]23NC(N)=[NH+][C@@H]13. The third kappa shape index (κ3) is 3.83. The van der Waals surface area contributed by atoms with E-state index in [2.05, 4.69) is 39.8 Å². The van der Waals surface area contributed by atoms with Gasteiger partial charge in [-0.25, -0.2) is 10.3 Å². The van der Waals surface area contributed by atoms with Crippen LogP contribution in [0.15, 0.2) is 23.2 Å². The molecule has 13 nitrogen and oxygen atoms in total. The maximum atomic E-state index is 13.5. The van der Waals surface area contributed by atoms with Crippen molar-refractivity contribution in [1.82, 2.24) is 20.9 Å². The fourth-order valence-corrected chi connectivity index (χ4v) is 6.06. The number of nitrogens with zero attached hydrogens (tertiary/aromatic N) is 2. The summed E-state index contributed by atoms with van der Waals surface area (Å²) in [6, 6.07) is 2.78. The Morgan fingerprint density at radius 1 is 1.32 bits per heavy atom. The highest BCUT2D eigenvalue weighted by atomic mass is 16.5. The Morgan fingerprint density at radius 3 is 2.82 bits per heavy atom. The molecule has 5 rings (SSSR count). The summed E-state index contributed by atoms with van der Waals surface area (Å²) in [7, 11) is 0. The lowest BCUT2D eigenvalue weighted by molar-refractivity contribution is -0.521. The van der Waals surface area contributed by atoms with Crippen molar-refractivity contribution in [2.75, 3.05) is 19.7 Å². The molecule has 4 atom stereocenters. The minimum atomic E-state index is -2.54. The lowest BCUT2D eigenvalue weighted by Crippen LogP contribution is -2.90. The van der Waals surface area contributed by atoms with E-state index in [1.165, 1.54) is 4.90 Å². The number of carbonyl (C=O) groups is 2. The standard InChI is InChI=1S/C25H36N8O5/c1-4-6-17(34)28-11-15-19-24(32-21(26)31-19)25(36,37)16(12-33(24)22(27)29-15)30-20(35)13-7-5-8-14-18(13)38-10-9-23(14,2)3/h5,7-8,15-16,19,36-37H,4,6,9-12H2,1-3H3,(H2,27,29)(H,28,34)(H,30,35)(H3,26,31,32)/p+1/t15-,16?,19-,24-/m0/s1. The molecular weight excluding hydrogens is 492 g/mol. The minimum absolute atomic E-state index is 0.0337. The van der Waals surface area contributed by atoms with Gasteiger partial charge in [0.2, 0.25) is 11.7 Å². The van der Waals surface area contributed by atoms with Crippen LogP contribution in [-0.2, 0) is 10.2 Å². The second kappa shape index (κ2) is 9.02. The maximum Gasteiger partial charge on any atom is 0.343 e. The Balaban J connectivity index is 1.43. The second-order valence-electron chi connectivity index (χ2n) is 11.1. The summed E-state index contributed by atoms with van der Waals surface area (Å²) in [4.78, 5) is 34.7. The monoisotopic (exact) mass is 529 g/mol. The van der Waals surface area contributed by atoms with Gasteiger partial charge in [-0.2, -0.15) is 0 Å². The van der Waals surface area contributed by atoms with Crippen molar-refractivity contribution in [1.29, 1.82) is 0 Å². The van der Waals surface area contributed by atoms with E-state index in [1.807, 2.05) is 13.0 Å². The average Bonchev–Trinajstić information content (AvgIpc) is 3.32. The fourth-order valence-electron chi connectivity index (χ4n) is 6.06. The highest BCUT2D eigenvalue weighted by Crippen LogP contribution is 2.42. The molecule has 0 radical (unpaired) electrons. The fraction of sp³-hybridized carbons (Fsp3) is 0.600. The molecule has 0 saturated carbocycles. The largest absolute Gasteiger partial charge is 0.492 e. The molecule has 13 heteroatoms. The number of benzene rings is 1. The number of fused-ring (bicyclic) bond motifs is 1. The van der Waals surface area contributed by atoms with E-state index < -0.39 is 35.5 Å². The molecule has 1 unspecified atom stereocenters. The normalized spacial score (nSPS) is 30.0. The number of para-hydroxylation sites is 1. The number of nitrogens with one attached hydrogen (secondary N) is 4. The molecule has 4 aliphatic heterocycles. The van der Waals surface area contributed by atoms with Crippen molar-refractivity contribution in [3.8, 4) is 5.75 Å². The Kier molecular flexibility index (Phi) is 6.18. The van der Waals surface area contributed by atoms with Gasteiger partial charge in [0.05, 0.1) is 18.7 Å². The first-order valence-corrected chi connectivity index (χ1v) is 13.0. The molecule has 0 aromatic heterocycles. The third-order valence-corrected chi connectivity index (χ3v) is 8.14. The first kappa shape index (κ1) is 26.0. The molecule has 38 heavy (non-hydrogen) atoms. The molecule has 0 bridgehead atoms. The lowest BCUT2D eigenvalue weighted by atomic mass is 9.79. The number of guanidine groups is 2. The molecule has 2 amide bonds. The number of hydrogen-bond donors (Lipinski definition) is 8. The van der Waals surface area contributed by atoms with Gasteiger partial charge in [0.25, 0.3) is 11.6 Å². The Hall–Kier alpha value is -3.58. The van der Waals surface area contributed by atoms with Gasteiger partial charge in [0.1, 0.15) is 17.8 Å². The van der Waals surface area contributed by atoms with E-state index in [0.717, 1.165) is 12.0 Å². The van der Waals surface area contributed by atoms with Crippen LogP contribution in [0.25, 0.3) is 0 Å². The molecule has 1 saturated heterocycles. The predicted molar refractivity (Wildman–Crippen MR) is 138 cm³/mol. The van der Waals surface area contributed by atoms with Gasteiger partial charge in [-0.3, -0.25) is 25.2 Å². The number of amides is 2. The molecule has 4 aliphatic rings. The summed E-state index contributed by atoms with van der Waals surface area (Å²) in [6.07, 6.45) is 1.86. The van der Waals surface area contributed by atoms with Gasteiger partial charge in [0.15, 0.2) is 12.0 Å². The molecule has 4 heterocycles. The van der Waals surface area contributed by atoms with E-state index in [-0.39, 0.29) is 36.3 Å². The highest BCUT2D eigenvalue weighted by molar-refractivity contribution is 5.98. The number of hydrogen-bond acceptors (Lipinski definition) is 10. The second-order valence-corrected chi connectivity index (χ2v) is 11.1. The number of aliphatic hydroxyl groups is 2. The van der Waals surface area contributed by atoms with Crippen LogP contribution in [0, 0.1) is 0 Å². The van der Waals surface area contributed by atoms with Crippen molar-refractivity contribution >= 4 is 23.7 Å². The number of carbonyl (C=O) groups excluding carboxylic acids is 2. The van der Waals surface area contributed by atoms with Crippen molar-refractivity contribution < 1.29 is 29.5 Å². The average molecular weight is 530 g/mol. The predicted octanol–water partition coefficient (Wildman–Crippen LogP) is -3.48. The zero-order chi connectivity index (χ0) is 27.5. The van der Waals surface area contributed by atoms with Crippen LogP contribution in [0.1, 0.15) is 56.0 Å². The quantitative estimate of drug-likeness (QED) is 0.172. The zero-order valence-electron chi connectivity index (χ0n) is 21.9. The number of ether oxygens (including phenoxy) is 1. The van der Waals surface area contributed by atoms with Crippen LogP contribution >= 0.6 is 0 Å². The van der Waals surface area contributed by atoms with Crippen molar-refractivity contribution in [3.05, 3.63) is 29.3 Å². The van der Waals surface area contributed by atoms with Crippen molar-refractivity contribution in [2.45, 2.75) is 75.0 Å². The summed E-state index contributed by atoms with van der Waals surface area (Å²) in [5.41, 5.74) is 11.8. The summed E-state index contributed by atoms with van der Waals surface area (Å²) in [5, 5.41) is 31.8. The zero-order valence-corrected chi connectivity index (χ0v) is 21.9. The van der Waals surface area contributed by atoms with Gasteiger partial charge in [0, 0.05) is 18.5 Å². The van der Waals surface area contributed by atoms with Crippen LogP contribution in [-0.4, -0.2) is 88.1 Å². The van der Waals surface area contributed by atoms with E-state index >= 15 is 0 Å². The first-order chi connectivity index (χ1) is 17.9.